The molecule has 1 saturated heterocycles. The lowest BCUT2D eigenvalue weighted by Crippen LogP contribution is -2.26. The molecule has 1 aliphatic heterocycles. The average Bonchev–Trinajstić information content (AvgIpc) is 3.07. The van der Waals surface area contributed by atoms with E-state index in [0.717, 1.165) is 11.1 Å². The van der Waals surface area contributed by atoms with Crippen LogP contribution in [0.15, 0.2) is 24.4 Å². The number of hydrogen-bond acceptors (Lipinski definition) is 4. The zero-order valence-electron chi connectivity index (χ0n) is 12.1. The predicted molar refractivity (Wildman–Crippen MR) is 74.3 cm³/mol. The Morgan fingerprint density at radius 3 is 2.95 bits per heavy atom. The summed E-state index contributed by atoms with van der Waals surface area (Å²) in [6, 6.07) is 4.61. The van der Waals surface area contributed by atoms with Crippen molar-refractivity contribution in [3.63, 3.8) is 0 Å². The van der Waals surface area contributed by atoms with Gasteiger partial charge in [-0.3, -0.25) is 0 Å². The van der Waals surface area contributed by atoms with Crippen LogP contribution in [-0.2, 0) is 10.3 Å². The van der Waals surface area contributed by atoms with Gasteiger partial charge in [-0.15, -0.1) is 5.10 Å². The summed E-state index contributed by atoms with van der Waals surface area (Å²) in [6.45, 7) is 4.60. The molecule has 0 saturated carbocycles. The molecule has 1 unspecified atom stereocenters. The molecule has 1 aliphatic rings. The van der Waals surface area contributed by atoms with Crippen molar-refractivity contribution in [1.29, 1.82) is 0 Å². The molecule has 0 spiro atoms. The van der Waals surface area contributed by atoms with E-state index in [1.54, 1.807) is 16.9 Å². The Labute approximate surface area is 122 Å². The standard InChI is InChI=1S/C15H18FN3O2/c1-10-7-12(16)3-4-13(10)11(2)19-8-14(17-18-19)15(20)5-6-21-9-15/h3-4,7-8,11,20H,5-6,9H2,1-2H3/t11-,15?/m0/s1. The topological polar surface area (TPSA) is 60.2 Å². The summed E-state index contributed by atoms with van der Waals surface area (Å²) < 4.78 is 20.1. The Morgan fingerprint density at radius 2 is 2.29 bits per heavy atom. The molecule has 112 valence electrons. The quantitative estimate of drug-likeness (QED) is 0.939. The zero-order valence-corrected chi connectivity index (χ0v) is 12.1. The Bertz CT molecular complexity index is 650. The summed E-state index contributed by atoms with van der Waals surface area (Å²) in [7, 11) is 0. The molecule has 1 fully saturated rings. The molecule has 2 aromatic rings. The molecule has 0 bridgehead atoms. The van der Waals surface area contributed by atoms with Crippen molar-refractivity contribution in [3.8, 4) is 0 Å². The highest BCUT2D eigenvalue weighted by Crippen LogP contribution is 2.29. The van der Waals surface area contributed by atoms with Crippen LogP contribution in [0.3, 0.4) is 0 Å². The van der Waals surface area contributed by atoms with Crippen LogP contribution in [0.5, 0.6) is 0 Å². The maximum atomic E-state index is 13.2. The fraction of sp³-hybridized carbons (Fsp3) is 0.467. The molecule has 6 heteroatoms. The molecule has 5 nitrogen and oxygen atoms in total. The van der Waals surface area contributed by atoms with E-state index >= 15 is 0 Å². The Balaban J connectivity index is 1.88. The highest BCUT2D eigenvalue weighted by molar-refractivity contribution is 5.29. The fourth-order valence-electron chi connectivity index (χ4n) is 2.69. The third kappa shape index (κ3) is 2.56. The molecule has 1 N–H and O–H groups in total. The molecule has 0 amide bonds. The first-order valence-corrected chi connectivity index (χ1v) is 6.98. The lowest BCUT2D eigenvalue weighted by molar-refractivity contribution is 0.0193. The normalized spacial score (nSPS) is 23.4. The van der Waals surface area contributed by atoms with E-state index in [1.165, 1.54) is 12.1 Å². The van der Waals surface area contributed by atoms with Gasteiger partial charge in [-0.05, 0) is 37.1 Å². The van der Waals surface area contributed by atoms with Crippen LogP contribution in [0.25, 0.3) is 0 Å². The van der Waals surface area contributed by atoms with Gasteiger partial charge in [0.1, 0.15) is 17.1 Å². The smallest absolute Gasteiger partial charge is 0.135 e. The second kappa shape index (κ2) is 5.20. The van der Waals surface area contributed by atoms with Crippen molar-refractivity contribution >= 4 is 0 Å². The molecule has 0 radical (unpaired) electrons. The van der Waals surface area contributed by atoms with Crippen LogP contribution in [0.2, 0.25) is 0 Å². The van der Waals surface area contributed by atoms with E-state index < -0.39 is 5.60 Å². The second-order valence-electron chi connectivity index (χ2n) is 5.59. The van der Waals surface area contributed by atoms with Gasteiger partial charge in [0.05, 0.1) is 18.8 Å². The van der Waals surface area contributed by atoms with Gasteiger partial charge in [0.25, 0.3) is 0 Å². The van der Waals surface area contributed by atoms with Gasteiger partial charge in [-0.1, -0.05) is 11.3 Å². The summed E-state index contributed by atoms with van der Waals surface area (Å²) in [4.78, 5) is 0. The summed E-state index contributed by atoms with van der Waals surface area (Å²) >= 11 is 0. The van der Waals surface area contributed by atoms with Crippen molar-refractivity contribution in [2.75, 3.05) is 13.2 Å². The number of aromatic nitrogens is 3. The summed E-state index contributed by atoms with van der Waals surface area (Å²) in [5.74, 6) is -0.250. The van der Waals surface area contributed by atoms with Crippen molar-refractivity contribution < 1.29 is 14.2 Å². The first-order valence-electron chi connectivity index (χ1n) is 6.98. The van der Waals surface area contributed by atoms with E-state index in [4.69, 9.17) is 4.74 Å². The Hall–Kier alpha value is -1.79. The largest absolute Gasteiger partial charge is 0.381 e. The van der Waals surface area contributed by atoms with Gasteiger partial charge < -0.3 is 9.84 Å². The van der Waals surface area contributed by atoms with Crippen LogP contribution in [0.1, 0.15) is 36.2 Å². The monoisotopic (exact) mass is 291 g/mol. The zero-order chi connectivity index (χ0) is 15.0. The first-order chi connectivity index (χ1) is 9.99. The molecular formula is C15H18FN3O2. The molecular weight excluding hydrogens is 273 g/mol. The molecule has 2 heterocycles. The number of ether oxygens (including phenoxy) is 1. The number of rotatable bonds is 3. The SMILES string of the molecule is Cc1cc(F)ccc1[C@H](C)n1cc(C2(O)CCOC2)nn1. The van der Waals surface area contributed by atoms with E-state index in [2.05, 4.69) is 10.3 Å². The number of benzene rings is 1. The average molecular weight is 291 g/mol. The van der Waals surface area contributed by atoms with Gasteiger partial charge in [0.2, 0.25) is 0 Å². The van der Waals surface area contributed by atoms with Gasteiger partial charge in [-0.2, -0.15) is 0 Å². The maximum absolute atomic E-state index is 13.2. The fourth-order valence-corrected chi connectivity index (χ4v) is 2.69. The lowest BCUT2D eigenvalue weighted by Gasteiger charge is -2.17. The van der Waals surface area contributed by atoms with Crippen molar-refractivity contribution in [2.45, 2.75) is 31.9 Å². The van der Waals surface area contributed by atoms with E-state index in [0.29, 0.717) is 18.7 Å². The lowest BCUT2D eigenvalue weighted by atomic mass is 9.99. The van der Waals surface area contributed by atoms with Gasteiger partial charge in [0, 0.05) is 13.0 Å². The van der Waals surface area contributed by atoms with E-state index in [-0.39, 0.29) is 18.5 Å². The maximum Gasteiger partial charge on any atom is 0.135 e. The van der Waals surface area contributed by atoms with Gasteiger partial charge in [0.15, 0.2) is 0 Å². The number of aryl methyl sites for hydroxylation is 1. The van der Waals surface area contributed by atoms with Crippen LogP contribution < -0.4 is 0 Å². The predicted octanol–water partition coefficient (Wildman–Crippen LogP) is 1.94. The third-order valence-corrected chi connectivity index (χ3v) is 4.07. The van der Waals surface area contributed by atoms with Gasteiger partial charge in [-0.25, -0.2) is 9.07 Å². The van der Waals surface area contributed by atoms with Crippen molar-refractivity contribution in [2.24, 2.45) is 0 Å². The third-order valence-electron chi connectivity index (χ3n) is 4.07. The van der Waals surface area contributed by atoms with E-state index in [9.17, 15) is 9.50 Å². The van der Waals surface area contributed by atoms with Crippen molar-refractivity contribution in [1.82, 2.24) is 15.0 Å². The van der Waals surface area contributed by atoms with Gasteiger partial charge >= 0.3 is 0 Å². The van der Waals surface area contributed by atoms with Crippen LogP contribution in [-0.4, -0.2) is 33.3 Å². The number of hydrogen-bond donors (Lipinski definition) is 1. The molecule has 1 aromatic heterocycles. The first kappa shape index (κ1) is 14.2. The molecule has 2 atom stereocenters. The highest BCUT2D eigenvalue weighted by atomic mass is 19.1. The second-order valence-corrected chi connectivity index (χ2v) is 5.59. The number of halogens is 1. The molecule has 1 aromatic carbocycles. The Kier molecular flexibility index (Phi) is 3.51. The summed E-state index contributed by atoms with van der Waals surface area (Å²) in [5, 5.41) is 18.6. The van der Waals surface area contributed by atoms with E-state index in [1.807, 2.05) is 13.8 Å². The molecule has 3 rings (SSSR count). The molecule has 21 heavy (non-hydrogen) atoms. The number of nitrogens with zero attached hydrogens (tertiary/aromatic N) is 3. The van der Waals surface area contributed by atoms with Crippen LogP contribution in [0, 0.1) is 12.7 Å². The molecule has 0 aliphatic carbocycles. The van der Waals surface area contributed by atoms with Crippen molar-refractivity contribution in [3.05, 3.63) is 47.0 Å². The highest BCUT2D eigenvalue weighted by Gasteiger charge is 2.37. The van der Waals surface area contributed by atoms with Crippen LogP contribution >= 0.6 is 0 Å². The summed E-state index contributed by atoms with van der Waals surface area (Å²) in [5.41, 5.74) is 1.31. The number of aliphatic hydroxyl groups is 1. The minimum atomic E-state index is -1.05. The van der Waals surface area contributed by atoms with Crippen LogP contribution in [0.4, 0.5) is 4.39 Å². The minimum Gasteiger partial charge on any atom is -0.381 e. The minimum absolute atomic E-state index is 0.0854. The summed E-state index contributed by atoms with van der Waals surface area (Å²) in [6.07, 6.45) is 2.26. The Morgan fingerprint density at radius 1 is 1.48 bits per heavy atom.